The summed E-state index contributed by atoms with van der Waals surface area (Å²) in [7, 11) is 3.21. The van der Waals surface area contributed by atoms with Crippen LogP contribution in [0.5, 0.6) is 17.2 Å². The Hall–Kier alpha value is -1.86. The second kappa shape index (κ2) is 8.34. The van der Waals surface area contributed by atoms with Gasteiger partial charge in [-0.2, -0.15) is 0 Å². The first-order chi connectivity index (χ1) is 9.65. The number of hydrogen-bond donors (Lipinski definition) is 1. The van der Waals surface area contributed by atoms with Crippen molar-refractivity contribution in [1.82, 2.24) is 0 Å². The van der Waals surface area contributed by atoms with Crippen LogP contribution in [-0.2, 0) is 6.42 Å². The van der Waals surface area contributed by atoms with Crippen molar-refractivity contribution in [2.24, 2.45) is 5.73 Å². The largest absolute Gasteiger partial charge is 0.493 e. The number of ether oxygens (including phenoxy) is 3. The first-order valence-electron chi connectivity index (χ1n) is 6.72. The van der Waals surface area contributed by atoms with Crippen LogP contribution < -0.4 is 19.9 Å². The minimum atomic E-state index is 0.123. The van der Waals surface area contributed by atoms with E-state index in [0.29, 0.717) is 30.3 Å². The smallest absolute Gasteiger partial charge is 0.203 e. The van der Waals surface area contributed by atoms with Crippen molar-refractivity contribution in [2.45, 2.75) is 32.2 Å². The molecule has 0 aliphatic carbocycles. The fraction of sp³-hybridized carbons (Fsp3) is 0.500. The first-order valence-corrected chi connectivity index (χ1v) is 6.72. The lowest BCUT2D eigenvalue weighted by molar-refractivity contribution is 0.280. The topological polar surface area (TPSA) is 53.7 Å². The molecule has 0 heterocycles. The Balaban J connectivity index is 3.01. The molecule has 1 aromatic carbocycles. The molecule has 2 N–H and O–H groups in total. The third-order valence-electron chi connectivity index (χ3n) is 3.04. The highest BCUT2D eigenvalue weighted by Crippen LogP contribution is 2.38. The summed E-state index contributed by atoms with van der Waals surface area (Å²) in [4.78, 5) is 0. The van der Waals surface area contributed by atoms with Gasteiger partial charge in [-0.3, -0.25) is 0 Å². The molecule has 0 amide bonds. The molecular weight excluding hydrogens is 254 g/mol. The SMILES string of the molecule is C#CCCOc1c(OC)cc(CC(N)CC)cc1OC. The Bertz CT molecular complexity index is 440. The predicted octanol–water partition coefficient (Wildman–Crippen LogP) is 2.39. The second-order valence-electron chi connectivity index (χ2n) is 4.50. The first kappa shape index (κ1) is 16.2. The van der Waals surface area contributed by atoms with Crippen molar-refractivity contribution in [3.05, 3.63) is 17.7 Å². The minimum absolute atomic E-state index is 0.123. The highest BCUT2D eigenvalue weighted by molar-refractivity contribution is 5.54. The number of nitrogens with two attached hydrogens (primary N) is 1. The van der Waals surface area contributed by atoms with Gasteiger partial charge < -0.3 is 19.9 Å². The highest BCUT2D eigenvalue weighted by Gasteiger charge is 2.15. The van der Waals surface area contributed by atoms with Gasteiger partial charge >= 0.3 is 0 Å². The maximum absolute atomic E-state index is 5.99. The summed E-state index contributed by atoms with van der Waals surface area (Å²) in [5.74, 6) is 4.39. The molecule has 0 aromatic heterocycles. The lowest BCUT2D eigenvalue weighted by Gasteiger charge is -2.17. The summed E-state index contributed by atoms with van der Waals surface area (Å²) in [6.45, 7) is 2.49. The van der Waals surface area contributed by atoms with E-state index in [-0.39, 0.29) is 6.04 Å². The Kier molecular flexibility index (Phi) is 6.75. The van der Waals surface area contributed by atoms with Gasteiger partial charge in [0, 0.05) is 12.5 Å². The van der Waals surface area contributed by atoms with Gasteiger partial charge in [-0.25, -0.2) is 0 Å². The molecule has 0 radical (unpaired) electrons. The van der Waals surface area contributed by atoms with Gasteiger partial charge in [-0.15, -0.1) is 12.3 Å². The molecular formula is C16H23NO3. The molecule has 4 heteroatoms. The number of terminal acetylenes is 1. The average molecular weight is 277 g/mol. The van der Waals surface area contributed by atoms with Gasteiger partial charge in [0.25, 0.3) is 0 Å². The van der Waals surface area contributed by atoms with E-state index in [0.717, 1.165) is 18.4 Å². The number of methoxy groups -OCH3 is 2. The zero-order chi connectivity index (χ0) is 15.0. The summed E-state index contributed by atoms with van der Waals surface area (Å²) in [6.07, 6.45) is 7.45. The van der Waals surface area contributed by atoms with Crippen LogP contribution in [-0.4, -0.2) is 26.9 Å². The van der Waals surface area contributed by atoms with Crippen molar-refractivity contribution >= 4 is 0 Å². The van der Waals surface area contributed by atoms with Crippen molar-refractivity contribution in [3.63, 3.8) is 0 Å². The van der Waals surface area contributed by atoms with Crippen molar-refractivity contribution in [2.75, 3.05) is 20.8 Å². The van der Waals surface area contributed by atoms with E-state index >= 15 is 0 Å². The van der Waals surface area contributed by atoms with E-state index in [1.165, 1.54) is 0 Å². The number of hydrogen-bond acceptors (Lipinski definition) is 4. The summed E-state index contributed by atoms with van der Waals surface area (Å²) in [6, 6.07) is 3.99. The maximum atomic E-state index is 5.99. The molecule has 0 bridgehead atoms. The van der Waals surface area contributed by atoms with E-state index in [1.54, 1.807) is 14.2 Å². The molecule has 0 saturated carbocycles. The fourth-order valence-corrected chi connectivity index (χ4v) is 1.85. The molecule has 1 aromatic rings. The standard InChI is InChI=1S/C16H23NO3/c1-5-7-8-20-16-14(18-3)10-12(9-13(17)6-2)11-15(16)19-4/h1,10-11,13H,6-9,17H2,2-4H3. The average Bonchev–Trinajstić information content (AvgIpc) is 2.47. The monoisotopic (exact) mass is 277 g/mol. The van der Waals surface area contributed by atoms with Crippen LogP contribution in [0.15, 0.2) is 12.1 Å². The van der Waals surface area contributed by atoms with Gasteiger partial charge in [-0.1, -0.05) is 6.92 Å². The molecule has 4 nitrogen and oxygen atoms in total. The molecule has 20 heavy (non-hydrogen) atoms. The van der Waals surface area contributed by atoms with Crippen LogP contribution in [0.1, 0.15) is 25.3 Å². The van der Waals surface area contributed by atoms with Crippen molar-refractivity contribution in [1.29, 1.82) is 0 Å². The minimum Gasteiger partial charge on any atom is -0.493 e. The normalized spacial score (nSPS) is 11.6. The molecule has 0 fully saturated rings. The molecule has 1 atom stereocenters. The molecule has 0 saturated heterocycles. The van der Waals surface area contributed by atoms with Gasteiger partial charge in [-0.05, 0) is 30.5 Å². The summed E-state index contributed by atoms with van der Waals surface area (Å²) < 4.78 is 16.4. The van der Waals surface area contributed by atoms with Crippen LogP contribution in [0, 0.1) is 12.3 Å². The van der Waals surface area contributed by atoms with Gasteiger partial charge in [0.2, 0.25) is 5.75 Å². The number of benzene rings is 1. The predicted molar refractivity (Wildman–Crippen MR) is 80.5 cm³/mol. The van der Waals surface area contributed by atoms with Gasteiger partial charge in [0.05, 0.1) is 20.8 Å². The highest BCUT2D eigenvalue weighted by atomic mass is 16.5. The van der Waals surface area contributed by atoms with Crippen LogP contribution in [0.4, 0.5) is 0 Å². The summed E-state index contributed by atoms with van der Waals surface area (Å²) in [5.41, 5.74) is 7.06. The third kappa shape index (κ3) is 4.36. The fourth-order valence-electron chi connectivity index (χ4n) is 1.85. The molecule has 1 unspecified atom stereocenters. The van der Waals surface area contributed by atoms with Crippen LogP contribution in [0.3, 0.4) is 0 Å². The Morgan fingerprint density at radius 3 is 2.30 bits per heavy atom. The van der Waals surface area contributed by atoms with Crippen molar-refractivity contribution in [3.8, 4) is 29.6 Å². The van der Waals surface area contributed by atoms with Crippen LogP contribution >= 0.6 is 0 Å². The second-order valence-corrected chi connectivity index (χ2v) is 4.50. The van der Waals surface area contributed by atoms with Crippen molar-refractivity contribution < 1.29 is 14.2 Å². The maximum Gasteiger partial charge on any atom is 0.203 e. The Morgan fingerprint density at radius 1 is 1.25 bits per heavy atom. The van der Waals surface area contributed by atoms with E-state index in [4.69, 9.17) is 26.4 Å². The molecule has 1 rings (SSSR count). The van der Waals surface area contributed by atoms with Crippen LogP contribution in [0.2, 0.25) is 0 Å². The van der Waals surface area contributed by atoms with Crippen LogP contribution in [0.25, 0.3) is 0 Å². The molecule has 110 valence electrons. The van der Waals surface area contributed by atoms with E-state index in [9.17, 15) is 0 Å². The number of rotatable bonds is 8. The summed E-state index contributed by atoms with van der Waals surface area (Å²) >= 11 is 0. The summed E-state index contributed by atoms with van der Waals surface area (Å²) in [5, 5.41) is 0. The molecule has 0 spiro atoms. The lowest BCUT2D eigenvalue weighted by atomic mass is 10.0. The molecule has 0 aliphatic rings. The van der Waals surface area contributed by atoms with Gasteiger partial charge in [0.1, 0.15) is 0 Å². The zero-order valence-corrected chi connectivity index (χ0v) is 12.4. The third-order valence-corrected chi connectivity index (χ3v) is 3.04. The van der Waals surface area contributed by atoms with Gasteiger partial charge in [0.15, 0.2) is 11.5 Å². The van der Waals surface area contributed by atoms with E-state index in [2.05, 4.69) is 12.8 Å². The Morgan fingerprint density at radius 2 is 1.85 bits per heavy atom. The zero-order valence-electron chi connectivity index (χ0n) is 12.4. The van der Waals surface area contributed by atoms with E-state index < -0.39 is 0 Å². The quantitative estimate of drug-likeness (QED) is 0.585. The van der Waals surface area contributed by atoms with E-state index in [1.807, 2.05) is 12.1 Å². The Labute approximate surface area is 121 Å². The molecule has 0 aliphatic heterocycles. The lowest BCUT2D eigenvalue weighted by Crippen LogP contribution is -2.21.